The Kier molecular flexibility index (Phi) is 10.8. The van der Waals surface area contributed by atoms with Gasteiger partial charge < -0.3 is 21.3 Å². The molecule has 10 heteroatoms. The number of hydrogen-bond donors (Lipinski definition) is 4. The average Bonchev–Trinajstić information content (AvgIpc) is 3.01. The number of anilines is 3. The number of thioether (sulfide) groups is 1. The van der Waals surface area contributed by atoms with Crippen LogP contribution in [0.25, 0.3) is 6.08 Å². The molecule has 1 aromatic heterocycles. The summed E-state index contributed by atoms with van der Waals surface area (Å²) < 4.78 is 0. The van der Waals surface area contributed by atoms with Crippen molar-refractivity contribution in [3.05, 3.63) is 120 Å². The molecule has 3 aromatic carbocycles. The lowest BCUT2D eigenvalue weighted by molar-refractivity contribution is -0.116. The highest BCUT2D eigenvalue weighted by Crippen LogP contribution is 2.29. The van der Waals surface area contributed by atoms with Crippen LogP contribution < -0.4 is 21.3 Å². The van der Waals surface area contributed by atoms with E-state index in [9.17, 15) is 19.2 Å². The largest absolute Gasteiger partial charge is 0.326 e. The van der Waals surface area contributed by atoms with E-state index in [-0.39, 0.29) is 17.5 Å². The Balaban J connectivity index is 1.45. The van der Waals surface area contributed by atoms with E-state index in [2.05, 4.69) is 26.3 Å². The maximum Gasteiger partial charge on any atom is 0.272 e. The molecule has 43 heavy (non-hydrogen) atoms. The van der Waals surface area contributed by atoms with Gasteiger partial charge in [0.2, 0.25) is 11.8 Å². The Bertz CT molecular complexity index is 1610. The van der Waals surface area contributed by atoms with Crippen LogP contribution in [0.3, 0.4) is 0 Å². The number of nitrogens with zero attached hydrogens (tertiary/aromatic N) is 1. The van der Waals surface area contributed by atoms with Crippen molar-refractivity contribution in [2.24, 2.45) is 0 Å². The summed E-state index contributed by atoms with van der Waals surface area (Å²) in [6, 6.07) is 26.2. The lowest BCUT2D eigenvalue weighted by atomic mass is 10.2. The smallest absolute Gasteiger partial charge is 0.272 e. The van der Waals surface area contributed by atoms with Crippen LogP contribution in [0.1, 0.15) is 36.2 Å². The SMILES string of the molecule is CCC(Sc1cccc(NC(=O)/C(=C/c2cccnc2)NC(=O)c2ccccc2)c1)C(=O)Nc1ccc(NC(C)=O)cc1. The fourth-order valence-electron chi connectivity index (χ4n) is 3.97. The van der Waals surface area contributed by atoms with Gasteiger partial charge in [0, 0.05) is 46.8 Å². The first-order valence-electron chi connectivity index (χ1n) is 13.6. The van der Waals surface area contributed by atoms with Crippen molar-refractivity contribution in [2.75, 3.05) is 16.0 Å². The van der Waals surface area contributed by atoms with Crippen molar-refractivity contribution in [3.8, 4) is 0 Å². The molecule has 0 saturated heterocycles. The van der Waals surface area contributed by atoms with Gasteiger partial charge in [-0.05, 0) is 78.7 Å². The van der Waals surface area contributed by atoms with E-state index in [0.29, 0.717) is 34.6 Å². The summed E-state index contributed by atoms with van der Waals surface area (Å²) >= 11 is 1.37. The predicted molar refractivity (Wildman–Crippen MR) is 171 cm³/mol. The van der Waals surface area contributed by atoms with Gasteiger partial charge >= 0.3 is 0 Å². The summed E-state index contributed by atoms with van der Waals surface area (Å²) in [5, 5.41) is 10.8. The Hall–Kier alpha value is -5.22. The summed E-state index contributed by atoms with van der Waals surface area (Å²) in [6.45, 7) is 3.36. The Morgan fingerprint density at radius 1 is 0.814 bits per heavy atom. The number of nitrogens with one attached hydrogen (secondary N) is 4. The molecule has 0 spiro atoms. The maximum absolute atomic E-state index is 13.4. The summed E-state index contributed by atoms with van der Waals surface area (Å²) in [5.41, 5.74) is 2.87. The molecule has 4 aromatic rings. The average molecular weight is 594 g/mol. The molecule has 4 amide bonds. The van der Waals surface area contributed by atoms with E-state index >= 15 is 0 Å². The van der Waals surface area contributed by atoms with Gasteiger partial charge in [-0.25, -0.2) is 0 Å². The first kappa shape index (κ1) is 30.7. The molecule has 0 aliphatic carbocycles. The van der Waals surface area contributed by atoms with Gasteiger partial charge in [0.25, 0.3) is 11.8 Å². The fourth-order valence-corrected chi connectivity index (χ4v) is 4.98. The highest BCUT2D eigenvalue weighted by atomic mass is 32.2. The third kappa shape index (κ3) is 9.40. The minimum Gasteiger partial charge on any atom is -0.326 e. The zero-order valence-electron chi connectivity index (χ0n) is 23.7. The first-order chi connectivity index (χ1) is 20.8. The van der Waals surface area contributed by atoms with Crippen molar-refractivity contribution in [2.45, 2.75) is 30.4 Å². The predicted octanol–water partition coefficient (Wildman–Crippen LogP) is 5.96. The van der Waals surface area contributed by atoms with E-state index in [1.54, 1.807) is 103 Å². The second-order valence-corrected chi connectivity index (χ2v) is 10.7. The molecule has 0 bridgehead atoms. The zero-order chi connectivity index (χ0) is 30.6. The number of carbonyl (C=O) groups is 4. The molecule has 0 fully saturated rings. The van der Waals surface area contributed by atoms with Gasteiger partial charge in [0.1, 0.15) is 5.70 Å². The van der Waals surface area contributed by atoms with Crippen LogP contribution in [0.5, 0.6) is 0 Å². The van der Waals surface area contributed by atoms with E-state index < -0.39 is 17.1 Å². The number of benzene rings is 3. The summed E-state index contributed by atoms with van der Waals surface area (Å²) in [4.78, 5) is 55.4. The molecule has 218 valence electrons. The van der Waals surface area contributed by atoms with Crippen molar-refractivity contribution in [3.63, 3.8) is 0 Å². The van der Waals surface area contributed by atoms with Gasteiger partial charge in [-0.2, -0.15) is 0 Å². The minimum atomic E-state index is -0.511. The van der Waals surface area contributed by atoms with Crippen molar-refractivity contribution in [1.82, 2.24) is 10.3 Å². The molecule has 9 nitrogen and oxygen atoms in total. The van der Waals surface area contributed by atoms with Crippen LogP contribution in [0.4, 0.5) is 17.1 Å². The quantitative estimate of drug-likeness (QED) is 0.125. The van der Waals surface area contributed by atoms with Crippen LogP contribution in [0, 0.1) is 0 Å². The standard InChI is InChI=1S/C33H31N5O4S/c1-3-30(33(42)36-26-16-14-25(15-17-26)35-22(2)39)43-28-13-7-12-27(20-28)37-32(41)29(19-23-9-8-18-34-21-23)38-31(40)24-10-5-4-6-11-24/h4-21,30H,3H2,1-2H3,(H,35,39)(H,36,42)(H,37,41)(H,38,40)/b29-19-. The topological polar surface area (TPSA) is 129 Å². The molecule has 1 atom stereocenters. The molecular weight excluding hydrogens is 562 g/mol. The van der Waals surface area contributed by atoms with Gasteiger partial charge in [-0.15, -0.1) is 11.8 Å². The maximum atomic E-state index is 13.4. The van der Waals surface area contributed by atoms with E-state index in [0.717, 1.165) is 4.90 Å². The summed E-state index contributed by atoms with van der Waals surface area (Å²) in [6.07, 6.45) is 5.34. The number of pyridine rings is 1. The molecule has 0 aliphatic heterocycles. The van der Waals surface area contributed by atoms with E-state index in [1.807, 2.05) is 13.0 Å². The van der Waals surface area contributed by atoms with Crippen LogP contribution >= 0.6 is 11.8 Å². The van der Waals surface area contributed by atoms with Crippen molar-refractivity contribution < 1.29 is 19.2 Å². The van der Waals surface area contributed by atoms with Crippen molar-refractivity contribution in [1.29, 1.82) is 0 Å². The molecule has 1 heterocycles. The van der Waals surface area contributed by atoms with Gasteiger partial charge in [-0.3, -0.25) is 24.2 Å². The molecular formula is C33H31N5O4S. The monoisotopic (exact) mass is 593 g/mol. The lowest BCUT2D eigenvalue weighted by Gasteiger charge is -2.16. The normalized spacial score (nSPS) is 11.6. The number of carbonyl (C=O) groups excluding carboxylic acids is 4. The fraction of sp³-hybridized carbons (Fsp3) is 0.121. The lowest BCUT2D eigenvalue weighted by Crippen LogP contribution is -2.30. The van der Waals surface area contributed by atoms with Crippen molar-refractivity contribution >= 4 is 58.5 Å². The Morgan fingerprint density at radius 2 is 1.53 bits per heavy atom. The van der Waals surface area contributed by atoms with Crippen LogP contribution in [-0.2, 0) is 14.4 Å². The Morgan fingerprint density at radius 3 is 2.19 bits per heavy atom. The molecule has 0 radical (unpaired) electrons. The minimum absolute atomic E-state index is 0.0512. The third-order valence-corrected chi connectivity index (χ3v) is 7.39. The molecule has 0 saturated carbocycles. The van der Waals surface area contributed by atoms with Crippen LogP contribution in [0.15, 0.2) is 114 Å². The van der Waals surface area contributed by atoms with Crippen LogP contribution in [-0.4, -0.2) is 33.9 Å². The number of aromatic nitrogens is 1. The second-order valence-electron chi connectivity index (χ2n) is 9.41. The van der Waals surface area contributed by atoms with Crippen LogP contribution in [0.2, 0.25) is 0 Å². The highest BCUT2D eigenvalue weighted by molar-refractivity contribution is 8.00. The number of rotatable bonds is 11. The van der Waals surface area contributed by atoms with E-state index in [1.165, 1.54) is 18.7 Å². The Labute approximate surface area is 254 Å². The second kappa shape index (κ2) is 15.1. The number of amides is 4. The molecule has 1 unspecified atom stereocenters. The number of hydrogen-bond acceptors (Lipinski definition) is 6. The first-order valence-corrected chi connectivity index (χ1v) is 14.4. The molecule has 4 rings (SSSR count). The van der Waals surface area contributed by atoms with E-state index in [4.69, 9.17) is 0 Å². The molecule has 0 aliphatic rings. The zero-order valence-corrected chi connectivity index (χ0v) is 24.5. The summed E-state index contributed by atoms with van der Waals surface area (Å²) in [5.74, 6) is -1.27. The molecule has 4 N–H and O–H groups in total. The van der Waals surface area contributed by atoms with Gasteiger partial charge in [-0.1, -0.05) is 37.3 Å². The summed E-state index contributed by atoms with van der Waals surface area (Å²) in [7, 11) is 0. The van der Waals surface area contributed by atoms with Gasteiger partial charge in [0.15, 0.2) is 0 Å². The highest BCUT2D eigenvalue weighted by Gasteiger charge is 2.19. The van der Waals surface area contributed by atoms with Gasteiger partial charge in [0.05, 0.1) is 5.25 Å². The third-order valence-electron chi connectivity index (χ3n) is 6.03.